The highest BCUT2D eigenvalue weighted by atomic mass is 16.5. The third kappa shape index (κ3) is 6.39. The highest BCUT2D eigenvalue weighted by Gasteiger charge is 2.26. The molecule has 0 spiro atoms. The van der Waals surface area contributed by atoms with Gasteiger partial charge in [-0.25, -0.2) is 0 Å². The molecule has 0 saturated heterocycles. The third-order valence-electron chi connectivity index (χ3n) is 2.33. The molecule has 0 aliphatic rings. The second-order valence-corrected chi connectivity index (χ2v) is 5.73. The summed E-state index contributed by atoms with van der Waals surface area (Å²) in [4.78, 5) is 0. The van der Waals surface area contributed by atoms with Gasteiger partial charge in [-0.1, -0.05) is 27.7 Å². The van der Waals surface area contributed by atoms with Crippen LogP contribution in [0.5, 0.6) is 0 Å². The van der Waals surface area contributed by atoms with Crippen LogP contribution < -0.4 is 0 Å². The minimum Gasteiger partial charge on any atom is -0.388 e. The monoisotopic (exact) mass is 202 g/mol. The Morgan fingerprint density at radius 3 is 1.93 bits per heavy atom. The molecule has 0 aromatic heterocycles. The van der Waals surface area contributed by atoms with Crippen molar-refractivity contribution >= 4 is 0 Å². The Hall–Kier alpha value is -0.0800. The first kappa shape index (κ1) is 13.9. The van der Waals surface area contributed by atoms with Crippen LogP contribution in [0.2, 0.25) is 0 Å². The van der Waals surface area contributed by atoms with Crippen molar-refractivity contribution in [2.45, 2.75) is 66.1 Å². The molecule has 2 nitrogen and oxygen atoms in total. The maximum atomic E-state index is 9.78. The molecule has 0 amide bonds. The van der Waals surface area contributed by atoms with Gasteiger partial charge in [-0.15, -0.1) is 0 Å². The van der Waals surface area contributed by atoms with E-state index < -0.39 is 5.60 Å². The van der Waals surface area contributed by atoms with Crippen LogP contribution in [0.25, 0.3) is 0 Å². The lowest BCUT2D eigenvalue weighted by atomic mass is 9.92. The molecule has 0 aliphatic carbocycles. The van der Waals surface area contributed by atoms with Crippen molar-refractivity contribution in [1.82, 2.24) is 0 Å². The van der Waals surface area contributed by atoms with Crippen molar-refractivity contribution in [3.8, 4) is 0 Å². The Balaban J connectivity index is 3.87. The van der Waals surface area contributed by atoms with Gasteiger partial charge in [0.05, 0.1) is 11.7 Å². The molecule has 0 heterocycles. The van der Waals surface area contributed by atoms with E-state index in [1.807, 2.05) is 6.92 Å². The summed E-state index contributed by atoms with van der Waals surface area (Å²) in [5.74, 6) is 0. The summed E-state index contributed by atoms with van der Waals surface area (Å²) in [6.07, 6.45) is 1.83. The number of ether oxygens (including phenoxy) is 1. The van der Waals surface area contributed by atoms with Crippen LogP contribution in [0.4, 0.5) is 0 Å². The second-order valence-electron chi connectivity index (χ2n) is 5.73. The summed E-state index contributed by atoms with van der Waals surface area (Å²) in [6, 6.07) is 0. The largest absolute Gasteiger partial charge is 0.388 e. The van der Waals surface area contributed by atoms with Crippen LogP contribution >= 0.6 is 0 Å². The van der Waals surface area contributed by atoms with E-state index in [0.29, 0.717) is 5.41 Å². The molecule has 14 heavy (non-hydrogen) atoms. The Morgan fingerprint density at radius 2 is 1.64 bits per heavy atom. The smallest absolute Gasteiger partial charge is 0.0853 e. The Bertz CT molecular complexity index is 151. The number of hydrogen-bond acceptors (Lipinski definition) is 2. The first-order valence-corrected chi connectivity index (χ1v) is 5.51. The number of hydrogen-bond donors (Lipinski definition) is 1. The van der Waals surface area contributed by atoms with Crippen LogP contribution in [0.3, 0.4) is 0 Å². The molecular formula is C12H26O2. The van der Waals surface area contributed by atoms with E-state index in [9.17, 15) is 5.11 Å². The van der Waals surface area contributed by atoms with Gasteiger partial charge in [0.1, 0.15) is 0 Å². The standard InChI is InChI=1S/C12H26O2/c1-7-10(12(5,6)13)14-9-8-11(2,3)4/h10,13H,7-9H2,1-6H3. The topological polar surface area (TPSA) is 29.5 Å². The maximum Gasteiger partial charge on any atom is 0.0853 e. The zero-order chi connectivity index (χ0) is 11.4. The minimum atomic E-state index is -0.730. The molecule has 0 fully saturated rings. The SMILES string of the molecule is CCC(OCCC(C)(C)C)C(C)(C)O. The molecular weight excluding hydrogens is 176 g/mol. The van der Waals surface area contributed by atoms with Crippen molar-refractivity contribution in [2.75, 3.05) is 6.61 Å². The molecule has 0 saturated carbocycles. The average Bonchev–Trinajstić information content (AvgIpc) is 1.93. The van der Waals surface area contributed by atoms with Gasteiger partial charge in [-0.3, -0.25) is 0 Å². The minimum absolute atomic E-state index is 0.0511. The summed E-state index contributed by atoms with van der Waals surface area (Å²) in [6.45, 7) is 13.0. The first-order chi connectivity index (χ1) is 6.17. The van der Waals surface area contributed by atoms with Crippen LogP contribution in [-0.4, -0.2) is 23.4 Å². The predicted octanol–water partition coefficient (Wildman–Crippen LogP) is 2.99. The Morgan fingerprint density at radius 1 is 1.14 bits per heavy atom. The molecule has 0 aromatic carbocycles. The molecule has 0 aliphatic heterocycles. The summed E-state index contributed by atoms with van der Waals surface area (Å²) in [7, 11) is 0. The molecule has 0 radical (unpaired) electrons. The van der Waals surface area contributed by atoms with E-state index in [0.717, 1.165) is 19.4 Å². The van der Waals surface area contributed by atoms with Gasteiger partial charge in [0.15, 0.2) is 0 Å². The second kappa shape index (κ2) is 5.13. The van der Waals surface area contributed by atoms with Crippen LogP contribution in [0.15, 0.2) is 0 Å². The highest BCUT2D eigenvalue weighted by Crippen LogP contribution is 2.21. The van der Waals surface area contributed by atoms with Gasteiger partial charge >= 0.3 is 0 Å². The normalized spacial score (nSPS) is 15.6. The van der Waals surface area contributed by atoms with Gasteiger partial charge in [0, 0.05) is 6.61 Å². The lowest BCUT2D eigenvalue weighted by Gasteiger charge is -2.29. The number of rotatable bonds is 5. The fourth-order valence-corrected chi connectivity index (χ4v) is 1.33. The summed E-state index contributed by atoms with van der Waals surface area (Å²) in [5, 5.41) is 9.78. The van der Waals surface area contributed by atoms with Crippen LogP contribution in [-0.2, 0) is 4.74 Å². The maximum absolute atomic E-state index is 9.78. The van der Waals surface area contributed by atoms with E-state index in [1.54, 1.807) is 13.8 Å². The summed E-state index contributed by atoms with van der Waals surface area (Å²) < 4.78 is 5.68. The van der Waals surface area contributed by atoms with Crippen molar-refractivity contribution in [2.24, 2.45) is 5.41 Å². The fourth-order valence-electron chi connectivity index (χ4n) is 1.33. The van der Waals surface area contributed by atoms with E-state index in [-0.39, 0.29) is 6.10 Å². The van der Waals surface area contributed by atoms with Gasteiger partial charge in [0.2, 0.25) is 0 Å². The van der Waals surface area contributed by atoms with Gasteiger partial charge < -0.3 is 9.84 Å². The van der Waals surface area contributed by atoms with E-state index in [2.05, 4.69) is 20.8 Å². The van der Waals surface area contributed by atoms with Crippen molar-refractivity contribution in [1.29, 1.82) is 0 Å². The molecule has 0 bridgehead atoms. The Kier molecular flexibility index (Phi) is 5.10. The van der Waals surface area contributed by atoms with Gasteiger partial charge in [-0.2, -0.15) is 0 Å². The number of aliphatic hydroxyl groups is 1. The zero-order valence-corrected chi connectivity index (χ0v) is 10.6. The summed E-state index contributed by atoms with van der Waals surface area (Å²) in [5.41, 5.74) is -0.426. The van der Waals surface area contributed by atoms with E-state index in [1.165, 1.54) is 0 Å². The van der Waals surface area contributed by atoms with E-state index in [4.69, 9.17) is 4.74 Å². The lowest BCUT2D eigenvalue weighted by Crippen LogP contribution is -2.38. The van der Waals surface area contributed by atoms with Crippen LogP contribution in [0.1, 0.15) is 54.4 Å². The Labute approximate surface area is 88.7 Å². The molecule has 0 aromatic rings. The van der Waals surface area contributed by atoms with Gasteiger partial charge in [-0.05, 0) is 32.1 Å². The quantitative estimate of drug-likeness (QED) is 0.742. The first-order valence-electron chi connectivity index (χ1n) is 5.51. The van der Waals surface area contributed by atoms with Crippen LogP contribution in [0, 0.1) is 5.41 Å². The molecule has 1 unspecified atom stereocenters. The average molecular weight is 202 g/mol. The predicted molar refractivity (Wildman–Crippen MR) is 60.4 cm³/mol. The molecule has 1 N–H and O–H groups in total. The van der Waals surface area contributed by atoms with E-state index >= 15 is 0 Å². The van der Waals surface area contributed by atoms with Crippen molar-refractivity contribution in [3.63, 3.8) is 0 Å². The molecule has 86 valence electrons. The highest BCUT2D eigenvalue weighted by molar-refractivity contribution is 4.77. The summed E-state index contributed by atoms with van der Waals surface area (Å²) >= 11 is 0. The zero-order valence-electron chi connectivity index (χ0n) is 10.6. The van der Waals surface area contributed by atoms with Crippen molar-refractivity contribution < 1.29 is 9.84 Å². The molecule has 0 rings (SSSR count). The molecule has 1 atom stereocenters. The van der Waals surface area contributed by atoms with Crippen molar-refractivity contribution in [3.05, 3.63) is 0 Å². The molecule has 2 heteroatoms. The third-order valence-corrected chi connectivity index (χ3v) is 2.33. The lowest BCUT2D eigenvalue weighted by molar-refractivity contribution is -0.0935. The fraction of sp³-hybridized carbons (Fsp3) is 1.00. The van der Waals surface area contributed by atoms with Gasteiger partial charge in [0.25, 0.3) is 0 Å².